The summed E-state index contributed by atoms with van der Waals surface area (Å²) in [4.78, 5) is 25.0. The molecule has 0 aliphatic rings. The van der Waals surface area contributed by atoms with Gasteiger partial charge in [-0.15, -0.1) is 11.3 Å². The Bertz CT molecular complexity index is 713. The van der Waals surface area contributed by atoms with Crippen molar-refractivity contribution in [3.8, 4) is 0 Å². The average Bonchev–Trinajstić information content (AvgIpc) is 2.74. The molecule has 0 saturated heterocycles. The molecule has 1 heterocycles. The molecule has 0 saturated carbocycles. The van der Waals surface area contributed by atoms with Gasteiger partial charge in [-0.05, 0) is 38.8 Å². The number of rotatable bonds is 4. The second-order valence-corrected chi connectivity index (χ2v) is 6.58. The minimum absolute atomic E-state index is 0.353. The smallest absolute Gasteiger partial charge is 0.330 e. The first-order valence-corrected chi connectivity index (χ1v) is 7.84. The fourth-order valence-corrected chi connectivity index (χ4v) is 3.28. The van der Waals surface area contributed by atoms with E-state index in [1.165, 1.54) is 11.3 Å². The molecular weight excluding hydrogens is 298 g/mol. The Balaban J connectivity index is 2.31. The lowest BCUT2D eigenvalue weighted by atomic mass is 10.0. The maximum absolute atomic E-state index is 12.4. The highest BCUT2D eigenvalue weighted by atomic mass is 32.1. The summed E-state index contributed by atoms with van der Waals surface area (Å²) in [5.41, 5.74) is 3.96. The second kappa shape index (κ2) is 6.32. The zero-order valence-electron chi connectivity index (χ0n) is 13.1. The Kier molecular flexibility index (Phi) is 4.66. The predicted octanol–water partition coefficient (Wildman–Crippen LogP) is 3.54. The molecule has 0 fully saturated rings. The van der Waals surface area contributed by atoms with Crippen LogP contribution < -0.4 is 5.32 Å². The number of carboxylic acids is 1. The molecule has 2 aromatic rings. The number of amides is 1. The molecule has 2 N–H and O–H groups in total. The van der Waals surface area contributed by atoms with Crippen LogP contribution in [0.5, 0.6) is 0 Å². The van der Waals surface area contributed by atoms with E-state index in [4.69, 9.17) is 0 Å². The Morgan fingerprint density at radius 2 is 1.68 bits per heavy atom. The maximum atomic E-state index is 12.4. The van der Waals surface area contributed by atoms with Crippen LogP contribution in [0.3, 0.4) is 0 Å². The van der Waals surface area contributed by atoms with Crippen LogP contribution in [0.1, 0.15) is 43.5 Å². The summed E-state index contributed by atoms with van der Waals surface area (Å²) in [5, 5.41) is 13.9. The summed E-state index contributed by atoms with van der Waals surface area (Å²) in [5.74, 6) is -1.42. The Morgan fingerprint density at radius 1 is 1.09 bits per heavy atom. The standard InChI is InChI=1S/C17H19NO3S/c1-9-5-10(2)7-13(6-9)15(17(20)21)18-16(19)14-8-22-12(4)11(14)3/h5-8,15H,1-4H3,(H,18,19)(H,20,21). The number of benzene rings is 1. The van der Waals surface area contributed by atoms with Gasteiger partial charge in [-0.2, -0.15) is 0 Å². The number of aliphatic carboxylic acids is 1. The highest BCUT2D eigenvalue weighted by molar-refractivity contribution is 7.10. The van der Waals surface area contributed by atoms with E-state index in [0.29, 0.717) is 11.1 Å². The summed E-state index contributed by atoms with van der Waals surface area (Å²) in [6, 6.07) is 4.50. The van der Waals surface area contributed by atoms with E-state index < -0.39 is 12.0 Å². The zero-order chi connectivity index (χ0) is 16.4. The van der Waals surface area contributed by atoms with Crippen LogP contribution in [0.2, 0.25) is 0 Å². The van der Waals surface area contributed by atoms with Crippen LogP contribution in [0.25, 0.3) is 0 Å². The summed E-state index contributed by atoms with van der Waals surface area (Å²) in [6.07, 6.45) is 0. The predicted molar refractivity (Wildman–Crippen MR) is 87.6 cm³/mol. The molecule has 2 rings (SSSR count). The van der Waals surface area contributed by atoms with Gasteiger partial charge in [-0.1, -0.05) is 29.3 Å². The van der Waals surface area contributed by atoms with Crippen LogP contribution >= 0.6 is 11.3 Å². The molecule has 0 spiro atoms. The molecule has 0 aliphatic heterocycles. The zero-order valence-corrected chi connectivity index (χ0v) is 13.9. The fraction of sp³-hybridized carbons (Fsp3) is 0.294. The minimum Gasteiger partial charge on any atom is -0.479 e. The molecule has 4 nitrogen and oxygen atoms in total. The molecule has 5 heteroatoms. The first-order chi connectivity index (χ1) is 10.3. The molecule has 116 valence electrons. The Morgan fingerprint density at radius 3 is 2.14 bits per heavy atom. The lowest BCUT2D eigenvalue weighted by Gasteiger charge is -2.16. The summed E-state index contributed by atoms with van der Waals surface area (Å²) in [7, 11) is 0. The number of aryl methyl sites for hydroxylation is 3. The lowest BCUT2D eigenvalue weighted by Crippen LogP contribution is -2.34. The maximum Gasteiger partial charge on any atom is 0.330 e. The Labute approximate surface area is 133 Å². The van der Waals surface area contributed by atoms with E-state index in [1.54, 1.807) is 17.5 Å². The first-order valence-electron chi connectivity index (χ1n) is 6.96. The van der Waals surface area contributed by atoms with Gasteiger partial charge in [-0.25, -0.2) is 4.79 Å². The highest BCUT2D eigenvalue weighted by Crippen LogP contribution is 2.22. The van der Waals surface area contributed by atoms with Crippen LogP contribution in [0, 0.1) is 27.7 Å². The van der Waals surface area contributed by atoms with Gasteiger partial charge in [0.1, 0.15) is 0 Å². The fourth-order valence-electron chi connectivity index (χ4n) is 2.41. The molecule has 0 aliphatic carbocycles. The molecule has 1 aromatic heterocycles. The normalized spacial score (nSPS) is 12.0. The van der Waals surface area contributed by atoms with E-state index in [9.17, 15) is 14.7 Å². The van der Waals surface area contributed by atoms with Gasteiger partial charge >= 0.3 is 5.97 Å². The summed E-state index contributed by atoms with van der Waals surface area (Å²) < 4.78 is 0. The van der Waals surface area contributed by atoms with Gasteiger partial charge in [0.25, 0.3) is 5.91 Å². The molecule has 0 radical (unpaired) electrons. The van der Waals surface area contributed by atoms with Gasteiger partial charge in [-0.3, -0.25) is 4.79 Å². The van der Waals surface area contributed by atoms with Crippen molar-refractivity contribution in [3.63, 3.8) is 0 Å². The summed E-state index contributed by atoms with van der Waals surface area (Å²) >= 11 is 1.49. The molecule has 1 amide bonds. The third kappa shape index (κ3) is 3.36. The number of carbonyl (C=O) groups is 2. The lowest BCUT2D eigenvalue weighted by molar-refractivity contribution is -0.139. The number of carbonyl (C=O) groups excluding carboxylic acids is 1. The first kappa shape index (κ1) is 16.2. The molecular formula is C17H19NO3S. The van der Waals surface area contributed by atoms with Crippen LogP contribution in [-0.4, -0.2) is 17.0 Å². The van der Waals surface area contributed by atoms with Crippen LogP contribution in [0.4, 0.5) is 0 Å². The number of hydrogen-bond acceptors (Lipinski definition) is 3. The van der Waals surface area contributed by atoms with Crippen molar-refractivity contribution in [1.82, 2.24) is 5.32 Å². The second-order valence-electron chi connectivity index (χ2n) is 5.50. The summed E-state index contributed by atoms with van der Waals surface area (Å²) in [6.45, 7) is 7.62. The van der Waals surface area contributed by atoms with Gasteiger partial charge in [0.05, 0.1) is 5.56 Å². The van der Waals surface area contributed by atoms with Crippen molar-refractivity contribution < 1.29 is 14.7 Å². The van der Waals surface area contributed by atoms with Crippen molar-refractivity contribution in [1.29, 1.82) is 0 Å². The van der Waals surface area contributed by atoms with Crippen molar-refractivity contribution in [2.24, 2.45) is 0 Å². The average molecular weight is 317 g/mol. The third-order valence-corrected chi connectivity index (χ3v) is 4.64. The van der Waals surface area contributed by atoms with E-state index in [-0.39, 0.29) is 5.91 Å². The number of nitrogens with one attached hydrogen (secondary N) is 1. The van der Waals surface area contributed by atoms with Gasteiger partial charge < -0.3 is 10.4 Å². The van der Waals surface area contributed by atoms with Crippen LogP contribution in [0.15, 0.2) is 23.6 Å². The minimum atomic E-state index is -1.07. The monoisotopic (exact) mass is 317 g/mol. The quantitative estimate of drug-likeness (QED) is 0.906. The largest absolute Gasteiger partial charge is 0.479 e. The highest BCUT2D eigenvalue weighted by Gasteiger charge is 2.24. The SMILES string of the molecule is Cc1cc(C)cc(C(NC(=O)c2csc(C)c2C)C(=O)O)c1. The van der Waals surface area contributed by atoms with Gasteiger partial charge in [0.2, 0.25) is 0 Å². The molecule has 0 bridgehead atoms. The van der Waals surface area contributed by atoms with E-state index >= 15 is 0 Å². The van der Waals surface area contributed by atoms with Gasteiger partial charge in [0, 0.05) is 10.3 Å². The van der Waals surface area contributed by atoms with E-state index in [0.717, 1.165) is 21.6 Å². The van der Waals surface area contributed by atoms with Crippen LogP contribution in [-0.2, 0) is 4.79 Å². The van der Waals surface area contributed by atoms with Crippen molar-refractivity contribution in [2.75, 3.05) is 0 Å². The number of hydrogen-bond donors (Lipinski definition) is 2. The van der Waals surface area contributed by atoms with E-state index in [2.05, 4.69) is 5.32 Å². The number of carboxylic acid groups (broad SMARTS) is 1. The molecule has 1 aromatic carbocycles. The Hall–Kier alpha value is -2.14. The molecule has 1 unspecified atom stereocenters. The van der Waals surface area contributed by atoms with Crippen molar-refractivity contribution in [3.05, 3.63) is 56.3 Å². The number of thiophene rings is 1. The van der Waals surface area contributed by atoms with Gasteiger partial charge in [0.15, 0.2) is 6.04 Å². The molecule has 1 atom stereocenters. The third-order valence-electron chi connectivity index (χ3n) is 3.63. The topological polar surface area (TPSA) is 66.4 Å². The van der Waals surface area contributed by atoms with Crippen molar-refractivity contribution >= 4 is 23.2 Å². The van der Waals surface area contributed by atoms with Crippen molar-refractivity contribution in [2.45, 2.75) is 33.7 Å². The van der Waals surface area contributed by atoms with E-state index in [1.807, 2.05) is 33.8 Å². The molecule has 22 heavy (non-hydrogen) atoms.